The van der Waals surface area contributed by atoms with Crippen molar-refractivity contribution in [2.24, 2.45) is 0 Å². The van der Waals surface area contributed by atoms with E-state index < -0.39 is 0 Å². The predicted molar refractivity (Wildman–Crippen MR) is 85.2 cm³/mol. The number of amides is 1. The number of carbonyl (C=O) groups is 1. The lowest BCUT2D eigenvalue weighted by molar-refractivity contribution is -0.133. The first kappa shape index (κ1) is 15.0. The van der Waals surface area contributed by atoms with Gasteiger partial charge in [-0.1, -0.05) is 6.92 Å². The number of nitrogens with zero attached hydrogens (tertiary/aromatic N) is 2. The largest absolute Gasteiger partial charge is 0.486 e. The highest BCUT2D eigenvalue weighted by Gasteiger charge is 2.28. The van der Waals surface area contributed by atoms with Gasteiger partial charge in [-0.2, -0.15) is 0 Å². The Labute approximate surface area is 130 Å². The Morgan fingerprint density at radius 2 is 2.14 bits per heavy atom. The van der Waals surface area contributed by atoms with Crippen LogP contribution in [0.1, 0.15) is 13.3 Å². The summed E-state index contributed by atoms with van der Waals surface area (Å²) < 4.78 is 11.3. The van der Waals surface area contributed by atoms with Gasteiger partial charge in [0.25, 0.3) is 0 Å². The van der Waals surface area contributed by atoms with E-state index >= 15 is 0 Å². The van der Waals surface area contributed by atoms with E-state index in [-0.39, 0.29) is 12.0 Å². The van der Waals surface area contributed by atoms with Gasteiger partial charge in [-0.3, -0.25) is 4.79 Å². The second-order valence-electron chi connectivity index (χ2n) is 5.75. The van der Waals surface area contributed by atoms with E-state index in [0.717, 1.165) is 17.9 Å². The molecule has 6 heteroatoms. The zero-order chi connectivity index (χ0) is 15.5. The van der Waals surface area contributed by atoms with Crippen LogP contribution in [-0.2, 0) is 9.53 Å². The SMILES string of the molecule is CCC1CN(CC(=O)N2CCOCC2)c2cc(N)ccc2O1. The van der Waals surface area contributed by atoms with Crippen LogP contribution < -0.4 is 15.4 Å². The molecular formula is C16H23N3O3. The summed E-state index contributed by atoms with van der Waals surface area (Å²) in [5.41, 5.74) is 7.48. The van der Waals surface area contributed by atoms with Crippen LogP contribution in [0, 0.1) is 0 Å². The number of nitrogens with two attached hydrogens (primary N) is 1. The smallest absolute Gasteiger partial charge is 0.242 e. The Balaban J connectivity index is 1.77. The molecule has 0 bridgehead atoms. The van der Waals surface area contributed by atoms with Crippen molar-refractivity contribution in [1.82, 2.24) is 4.90 Å². The van der Waals surface area contributed by atoms with E-state index in [0.29, 0.717) is 45.1 Å². The Morgan fingerprint density at radius 1 is 1.36 bits per heavy atom. The van der Waals surface area contributed by atoms with E-state index in [9.17, 15) is 4.79 Å². The highest BCUT2D eigenvalue weighted by atomic mass is 16.5. The fraction of sp³-hybridized carbons (Fsp3) is 0.562. The van der Waals surface area contributed by atoms with Crippen LogP contribution in [0.15, 0.2) is 18.2 Å². The van der Waals surface area contributed by atoms with Crippen LogP contribution in [0.3, 0.4) is 0 Å². The van der Waals surface area contributed by atoms with E-state index in [1.54, 1.807) is 0 Å². The monoisotopic (exact) mass is 305 g/mol. The highest BCUT2D eigenvalue weighted by molar-refractivity contribution is 5.83. The van der Waals surface area contributed by atoms with Crippen molar-refractivity contribution in [3.63, 3.8) is 0 Å². The summed E-state index contributed by atoms with van der Waals surface area (Å²) in [4.78, 5) is 16.5. The van der Waals surface area contributed by atoms with Gasteiger partial charge < -0.3 is 25.0 Å². The Kier molecular flexibility index (Phi) is 4.38. The zero-order valence-electron chi connectivity index (χ0n) is 13.0. The third-order valence-corrected chi connectivity index (χ3v) is 4.19. The van der Waals surface area contributed by atoms with Crippen LogP contribution in [0.4, 0.5) is 11.4 Å². The molecule has 2 aliphatic heterocycles. The molecule has 0 aromatic heterocycles. The minimum atomic E-state index is 0.105. The van der Waals surface area contributed by atoms with Crippen molar-refractivity contribution in [3.8, 4) is 5.75 Å². The van der Waals surface area contributed by atoms with Crippen LogP contribution in [-0.4, -0.2) is 56.3 Å². The topological polar surface area (TPSA) is 68.0 Å². The minimum absolute atomic E-state index is 0.105. The van der Waals surface area contributed by atoms with Gasteiger partial charge >= 0.3 is 0 Å². The lowest BCUT2D eigenvalue weighted by Gasteiger charge is -2.37. The summed E-state index contributed by atoms with van der Waals surface area (Å²) in [6.45, 7) is 5.74. The van der Waals surface area contributed by atoms with Gasteiger partial charge in [-0.15, -0.1) is 0 Å². The van der Waals surface area contributed by atoms with Crippen LogP contribution in [0.25, 0.3) is 0 Å². The van der Waals surface area contributed by atoms with Crippen LogP contribution in [0.2, 0.25) is 0 Å². The second-order valence-corrected chi connectivity index (χ2v) is 5.75. The van der Waals surface area contributed by atoms with Crippen molar-refractivity contribution < 1.29 is 14.3 Å². The first-order valence-corrected chi connectivity index (χ1v) is 7.84. The maximum Gasteiger partial charge on any atom is 0.242 e. The molecule has 1 atom stereocenters. The quantitative estimate of drug-likeness (QED) is 0.847. The van der Waals surface area contributed by atoms with Gasteiger partial charge in [0, 0.05) is 18.8 Å². The zero-order valence-corrected chi connectivity index (χ0v) is 13.0. The first-order valence-electron chi connectivity index (χ1n) is 7.84. The molecular weight excluding hydrogens is 282 g/mol. The molecule has 120 valence electrons. The molecule has 1 aromatic carbocycles. The molecule has 2 N–H and O–H groups in total. The van der Waals surface area contributed by atoms with Crippen LogP contribution in [0.5, 0.6) is 5.75 Å². The fourth-order valence-electron chi connectivity index (χ4n) is 2.88. The minimum Gasteiger partial charge on any atom is -0.486 e. The summed E-state index contributed by atoms with van der Waals surface area (Å²) in [7, 11) is 0. The molecule has 6 nitrogen and oxygen atoms in total. The highest BCUT2D eigenvalue weighted by Crippen LogP contribution is 2.35. The molecule has 2 aliphatic rings. The molecule has 1 unspecified atom stereocenters. The molecule has 3 rings (SSSR count). The van der Waals surface area contributed by atoms with Crippen molar-refractivity contribution in [2.45, 2.75) is 19.4 Å². The van der Waals surface area contributed by atoms with Gasteiger partial charge in [0.1, 0.15) is 11.9 Å². The van der Waals surface area contributed by atoms with Crippen molar-refractivity contribution in [3.05, 3.63) is 18.2 Å². The van der Waals surface area contributed by atoms with Gasteiger partial charge in [0.15, 0.2) is 0 Å². The summed E-state index contributed by atoms with van der Waals surface area (Å²) in [6.07, 6.45) is 1.01. The summed E-state index contributed by atoms with van der Waals surface area (Å²) in [6, 6.07) is 5.60. The molecule has 2 heterocycles. The molecule has 22 heavy (non-hydrogen) atoms. The number of nitrogen functional groups attached to an aromatic ring is 1. The number of benzene rings is 1. The molecule has 0 aliphatic carbocycles. The normalized spacial score (nSPS) is 21.2. The standard InChI is InChI=1S/C16H23N3O3/c1-2-13-10-19(11-16(20)18-5-7-21-8-6-18)14-9-12(17)3-4-15(14)22-13/h3-4,9,13H,2,5-8,10-11,17H2,1H3. The average Bonchev–Trinajstić information content (AvgIpc) is 2.55. The molecule has 0 spiro atoms. The maximum atomic E-state index is 12.5. The average molecular weight is 305 g/mol. The van der Waals surface area contributed by atoms with E-state index in [2.05, 4.69) is 11.8 Å². The number of ether oxygens (including phenoxy) is 2. The number of hydrogen-bond acceptors (Lipinski definition) is 5. The van der Waals surface area contributed by atoms with Gasteiger partial charge in [0.2, 0.25) is 5.91 Å². The maximum absolute atomic E-state index is 12.5. The van der Waals surface area contributed by atoms with Crippen molar-refractivity contribution in [1.29, 1.82) is 0 Å². The molecule has 0 saturated carbocycles. The molecule has 0 radical (unpaired) electrons. The van der Waals surface area contributed by atoms with Crippen LogP contribution >= 0.6 is 0 Å². The Morgan fingerprint density at radius 3 is 2.86 bits per heavy atom. The number of morpholine rings is 1. The fourth-order valence-corrected chi connectivity index (χ4v) is 2.88. The third-order valence-electron chi connectivity index (χ3n) is 4.19. The second kappa shape index (κ2) is 6.44. The number of rotatable bonds is 3. The van der Waals surface area contributed by atoms with E-state index in [1.807, 2.05) is 23.1 Å². The number of hydrogen-bond donors (Lipinski definition) is 1. The molecule has 1 saturated heterocycles. The number of carbonyl (C=O) groups excluding carboxylic acids is 1. The van der Waals surface area contributed by atoms with Crippen molar-refractivity contribution >= 4 is 17.3 Å². The Bertz CT molecular complexity index is 543. The summed E-state index contributed by atoms with van der Waals surface area (Å²) in [5.74, 6) is 0.940. The van der Waals surface area contributed by atoms with E-state index in [4.69, 9.17) is 15.2 Å². The van der Waals surface area contributed by atoms with Gasteiger partial charge in [-0.05, 0) is 24.6 Å². The Hall–Kier alpha value is -1.95. The summed E-state index contributed by atoms with van der Waals surface area (Å²) in [5, 5.41) is 0. The molecule has 1 amide bonds. The van der Waals surface area contributed by atoms with Gasteiger partial charge in [0.05, 0.1) is 32.0 Å². The lowest BCUT2D eigenvalue weighted by atomic mass is 10.1. The molecule has 1 fully saturated rings. The van der Waals surface area contributed by atoms with E-state index in [1.165, 1.54) is 0 Å². The summed E-state index contributed by atoms with van der Waals surface area (Å²) >= 11 is 0. The third kappa shape index (κ3) is 3.11. The molecule has 1 aromatic rings. The number of fused-ring (bicyclic) bond motifs is 1. The lowest BCUT2D eigenvalue weighted by Crippen LogP contribution is -2.49. The number of anilines is 2. The first-order chi connectivity index (χ1) is 10.7. The van der Waals surface area contributed by atoms with Gasteiger partial charge in [-0.25, -0.2) is 0 Å². The predicted octanol–water partition coefficient (Wildman–Crippen LogP) is 1.10. The van der Waals surface area contributed by atoms with Crippen molar-refractivity contribution in [2.75, 3.05) is 50.0 Å².